The van der Waals surface area contributed by atoms with Gasteiger partial charge in [0.2, 0.25) is 6.10 Å². The van der Waals surface area contributed by atoms with Gasteiger partial charge in [0.25, 0.3) is 5.91 Å². The third-order valence-electron chi connectivity index (χ3n) is 1.49. The lowest BCUT2D eigenvalue weighted by Crippen LogP contribution is -2.20. The van der Waals surface area contributed by atoms with Crippen molar-refractivity contribution in [1.82, 2.24) is 5.32 Å². The summed E-state index contributed by atoms with van der Waals surface area (Å²) >= 11 is 1.39. The van der Waals surface area contributed by atoms with Crippen LogP contribution in [0.15, 0.2) is 17.5 Å². The second kappa shape index (κ2) is 2.60. The normalized spacial score (nSPS) is 22.2. The Morgan fingerprint density at radius 1 is 1.50 bits per heavy atom. The van der Waals surface area contributed by atoms with Gasteiger partial charge in [0.15, 0.2) is 0 Å². The van der Waals surface area contributed by atoms with Crippen molar-refractivity contribution in [1.29, 1.82) is 0 Å². The van der Waals surface area contributed by atoms with E-state index in [9.17, 15) is 9.59 Å². The molecule has 12 heavy (non-hydrogen) atoms. The summed E-state index contributed by atoms with van der Waals surface area (Å²) in [5.41, 5.74) is 0. The van der Waals surface area contributed by atoms with Crippen molar-refractivity contribution >= 4 is 23.3 Å². The van der Waals surface area contributed by atoms with E-state index in [0.717, 1.165) is 4.88 Å². The minimum absolute atomic E-state index is 0.387. The largest absolute Gasteiger partial charge is 0.430 e. The standard InChI is InChI=1S/C7H5NO3S/c9-6-5(11-7(10)8-6)4-2-1-3-12-4/h1-3,5H,(H,8,9,10). The first kappa shape index (κ1) is 7.30. The smallest absolute Gasteiger partial charge is 0.415 e. The Morgan fingerprint density at radius 2 is 2.33 bits per heavy atom. The van der Waals surface area contributed by atoms with E-state index >= 15 is 0 Å². The lowest BCUT2D eigenvalue weighted by molar-refractivity contribution is -0.123. The summed E-state index contributed by atoms with van der Waals surface area (Å²) < 4.78 is 4.73. The summed E-state index contributed by atoms with van der Waals surface area (Å²) in [6, 6.07) is 3.56. The van der Waals surface area contributed by atoms with Crippen LogP contribution in [0.4, 0.5) is 4.79 Å². The van der Waals surface area contributed by atoms with Crippen molar-refractivity contribution < 1.29 is 14.3 Å². The molecule has 1 fully saturated rings. The quantitative estimate of drug-likeness (QED) is 0.708. The van der Waals surface area contributed by atoms with Gasteiger partial charge in [-0.1, -0.05) is 6.07 Å². The molecular weight excluding hydrogens is 178 g/mol. The van der Waals surface area contributed by atoms with Crippen LogP contribution in [0.1, 0.15) is 11.0 Å². The fourth-order valence-corrected chi connectivity index (χ4v) is 1.73. The molecule has 1 aromatic rings. The number of ether oxygens (including phenoxy) is 1. The number of carbonyl (C=O) groups is 2. The van der Waals surface area contributed by atoms with Gasteiger partial charge in [-0.2, -0.15) is 0 Å². The fraction of sp³-hybridized carbons (Fsp3) is 0.143. The predicted molar refractivity (Wildman–Crippen MR) is 41.7 cm³/mol. The highest BCUT2D eigenvalue weighted by Crippen LogP contribution is 2.25. The number of hydrogen-bond donors (Lipinski definition) is 1. The number of nitrogens with one attached hydrogen (secondary N) is 1. The molecule has 1 N–H and O–H groups in total. The van der Waals surface area contributed by atoms with Gasteiger partial charge in [-0.3, -0.25) is 10.1 Å². The van der Waals surface area contributed by atoms with Crippen LogP contribution in [-0.2, 0) is 9.53 Å². The molecule has 0 aliphatic carbocycles. The molecule has 2 amide bonds. The van der Waals surface area contributed by atoms with Crippen LogP contribution in [0.3, 0.4) is 0 Å². The Bertz CT molecular complexity index is 319. The molecule has 0 spiro atoms. The molecule has 1 unspecified atom stereocenters. The highest BCUT2D eigenvalue weighted by Gasteiger charge is 2.33. The number of rotatable bonds is 1. The first-order valence-corrected chi connectivity index (χ1v) is 4.20. The molecule has 5 heteroatoms. The number of carbonyl (C=O) groups excluding carboxylic acids is 2. The molecule has 1 aliphatic heterocycles. The molecule has 1 aromatic heterocycles. The van der Waals surface area contributed by atoms with Crippen molar-refractivity contribution in [2.24, 2.45) is 0 Å². The van der Waals surface area contributed by atoms with Crippen molar-refractivity contribution in [3.8, 4) is 0 Å². The average molecular weight is 183 g/mol. The average Bonchev–Trinajstić information content (AvgIpc) is 2.58. The van der Waals surface area contributed by atoms with Crippen molar-refractivity contribution in [3.63, 3.8) is 0 Å². The number of imide groups is 1. The maximum Gasteiger partial charge on any atom is 0.415 e. The summed E-state index contributed by atoms with van der Waals surface area (Å²) in [5.74, 6) is -0.387. The van der Waals surface area contributed by atoms with E-state index in [2.05, 4.69) is 5.32 Å². The first-order chi connectivity index (χ1) is 5.77. The molecule has 1 saturated heterocycles. The Kier molecular flexibility index (Phi) is 1.58. The monoisotopic (exact) mass is 183 g/mol. The highest BCUT2D eigenvalue weighted by atomic mass is 32.1. The van der Waals surface area contributed by atoms with Gasteiger partial charge in [0, 0.05) is 0 Å². The highest BCUT2D eigenvalue weighted by molar-refractivity contribution is 7.10. The second-order valence-corrected chi connectivity index (χ2v) is 3.27. The van der Waals surface area contributed by atoms with Crippen LogP contribution in [0, 0.1) is 0 Å². The van der Waals surface area contributed by atoms with Gasteiger partial charge in [0.1, 0.15) is 0 Å². The summed E-state index contributed by atoms with van der Waals surface area (Å²) in [6.07, 6.45) is -1.41. The van der Waals surface area contributed by atoms with Crippen LogP contribution in [0.25, 0.3) is 0 Å². The number of hydrogen-bond acceptors (Lipinski definition) is 4. The number of alkyl carbamates (subject to hydrolysis) is 1. The molecule has 2 heterocycles. The van der Waals surface area contributed by atoms with E-state index < -0.39 is 12.2 Å². The van der Waals surface area contributed by atoms with E-state index in [1.54, 1.807) is 12.1 Å². The van der Waals surface area contributed by atoms with Crippen LogP contribution in [-0.4, -0.2) is 12.0 Å². The molecule has 1 atom stereocenters. The van der Waals surface area contributed by atoms with E-state index in [4.69, 9.17) is 4.74 Å². The summed E-state index contributed by atoms with van der Waals surface area (Å²) in [5, 5.41) is 3.89. The molecule has 0 radical (unpaired) electrons. The third kappa shape index (κ3) is 1.08. The van der Waals surface area contributed by atoms with Gasteiger partial charge in [0.05, 0.1) is 4.88 Å². The van der Waals surface area contributed by atoms with Crippen molar-refractivity contribution in [2.45, 2.75) is 6.10 Å². The van der Waals surface area contributed by atoms with Gasteiger partial charge in [-0.25, -0.2) is 4.79 Å². The van der Waals surface area contributed by atoms with Crippen LogP contribution in [0.2, 0.25) is 0 Å². The summed E-state index contributed by atoms with van der Waals surface area (Å²) in [4.78, 5) is 22.4. The maximum atomic E-state index is 11.0. The van der Waals surface area contributed by atoms with Crippen LogP contribution in [0.5, 0.6) is 0 Å². The third-order valence-corrected chi connectivity index (χ3v) is 2.41. The zero-order valence-corrected chi connectivity index (χ0v) is 6.76. The van der Waals surface area contributed by atoms with Crippen molar-refractivity contribution in [2.75, 3.05) is 0 Å². The lowest BCUT2D eigenvalue weighted by atomic mass is 10.3. The van der Waals surface area contributed by atoms with Crippen LogP contribution < -0.4 is 5.32 Å². The Balaban J connectivity index is 2.26. The van der Waals surface area contributed by atoms with E-state index in [1.807, 2.05) is 5.38 Å². The minimum atomic E-state index is -0.738. The van der Waals surface area contributed by atoms with E-state index in [0.29, 0.717) is 0 Å². The van der Waals surface area contributed by atoms with E-state index in [-0.39, 0.29) is 5.91 Å². The predicted octanol–water partition coefficient (Wildman–Crippen LogP) is 1.06. The molecule has 62 valence electrons. The molecule has 0 aromatic carbocycles. The maximum absolute atomic E-state index is 11.0. The van der Waals surface area contributed by atoms with Gasteiger partial charge < -0.3 is 4.74 Å². The Labute approximate surface area is 72.1 Å². The van der Waals surface area contributed by atoms with Gasteiger partial charge in [-0.05, 0) is 11.4 Å². The second-order valence-electron chi connectivity index (χ2n) is 2.29. The zero-order valence-electron chi connectivity index (χ0n) is 5.94. The minimum Gasteiger partial charge on any atom is -0.430 e. The number of amides is 2. The Hall–Kier alpha value is -1.36. The zero-order chi connectivity index (χ0) is 8.55. The molecule has 0 bridgehead atoms. The SMILES string of the molecule is O=C1NC(=O)C(c2cccs2)O1. The number of cyclic esters (lactones) is 1. The first-order valence-electron chi connectivity index (χ1n) is 3.32. The van der Waals surface area contributed by atoms with Gasteiger partial charge in [-0.15, -0.1) is 11.3 Å². The summed E-state index contributed by atoms with van der Waals surface area (Å²) in [6.45, 7) is 0. The summed E-state index contributed by atoms with van der Waals surface area (Å²) in [7, 11) is 0. The topological polar surface area (TPSA) is 55.4 Å². The molecule has 0 saturated carbocycles. The number of thiophene rings is 1. The fourth-order valence-electron chi connectivity index (χ4n) is 0.984. The van der Waals surface area contributed by atoms with Gasteiger partial charge >= 0.3 is 6.09 Å². The molecule has 2 rings (SSSR count). The van der Waals surface area contributed by atoms with Crippen molar-refractivity contribution in [3.05, 3.63) is 22.4 Å². The molecular formula is C7H5NO3S. The van der Waals surface area contributed by atoms with E-state index in [1.165, 1.54) is 11.3 Å². The molecule has 4 nitrogen and oxygen atoms in total. The molecule has 1 aliphatic rings. The van der Waals surface area contributed by atoms with Crippen LogP contribution >= 0.6 is 11.3 Å². The lowest BCUT2D eigenvalue weighted by Gasteiger charge is -2.00. The Morgan fingerprint density at radius 3 is 2.83 bits per heavy atom.